The minimum Gasteiger partial charge on any atom is -0.383 e. The Balaban J connectivity index is 2.88. The lowest BCUT2D eigenvalue weighted by Gasteiger charge is -2.24. The Hall–Kier alpha value is -0.770. The van der Waals surface area contributed by atoms with Gasteiger partial charge in [-0.15, -0.1) is 0 Å². The molecule has 0 saturated carbocycles. The number of nitrogens with two attached hydrogens (primary N) is 1. The number of nitrogens with zero attached hydrogens (tertiary/aromatic N) is 1. The van der Waals surface area contributed by atoms with Crippen LogP contribution in [0.15, 0.2) is 18.2 Å². The summed E-state index contributed by atoms with van der Waals surface area (Å²) in [6.07, 6.45) is 0. The van der Waals surface area contributed by atoms with Crippen LogP contribution in [0.4, 0.5) is 5.69 Å². The van der Waals surface area contributed by atoms with Gasteiger partial charge in [-0.1, -0.05) is 17.7 Å². The van der Waals surface area contributed by atoms with Crippen LogP contribution in [0.1, 0.15) is 25.5 Å². The number of ether oxygens (including phenoxy) is 1. The average molecular weight is 257 g/mol. The van der Waals surface area contributed by atoms with E-state index in [2.05, 4.69) is 11.8 Å². The standard InChI is InChI=1S/C13H21ClN2O/c1-4-16(7-8-17-3)13-6-5-11(10(2)15)9-12(13)14/h5-6,9-10H,4,7-8,15H2,1-3H3/t10-/m1/s1. The summed E-state index contributed by atoms with van der Waals surface area (Å²) in [7, 11) is 1.70. The third kappa shape index (κ3) is 3.87. The number of benzene rings is 1. The molecule has 0 aliphatic rings. The third-order valence-corrected chi connectivity index (χ3v) is 3.09. The minimum atomic E-state index is 0.00982. The number of hydrogen-bond acceptors (Lipinski definition) is 3. The normalized spacial score (nSPS) is 12.5. The van der Waals surface area contributed by atoms with Crippen molar-refractivity contribution in [3.8, 4) is 0 Å². The van der Waals surface area contributed by atoms with E-state index in [4.69, 9.17) is 22.1 Å². The highest BCUT2D eigenvalue weighted by Crippen LogP contribution is 2.28. The molecule has 2 N–H and O–H groups in total. The first-order valence-corrected chi connectivity index (χ1v) is 6.26. The lowest BCUT2D eigenvalue weighted by molar-refractivity contribution is 0.205. The van der Waals surface area contributed by atoms with Crippen LogP contribution in [0.5, 0.6) is 0 Å². The molecule has 0 heterocycles. The van der Waals surface area contributed by atoms with Crippen LogP contribution in [-0.2, 0) is 4.74 Å². The Labute approximate surface area is 109 Å². The van der Waals surface area contributed by atoms with E-state index in [-0.39, 0.29) is 6.04 Å². The number of anilines is 1. The van der Waals surface area contributed by atoms with Gasteiger partial charge in [0.1, 0.15) is 0 Å². The molecule has 0 spiro atoms. The molecular weight excluding hydrogens is 236 g/mol. The van der Waals surface area contributed by atoms with Gasteiger partial charge in [0.05, 0.1) is 17.3 Å². The molecule has 1 aromatic rings. The SMILES string of the molecule is CCN(CCOC)c1ccc([C@@H](C)N)cc1Cl. The zero-order valence-corrected chi connectivity index (χ0v) is 11.5. The van der Waals surface area contributed by atoms with Crippen molar-refractivity contribution in [2.75, 3.05) is 31.7 Å². The molecule has 17 heavy (non-hydrogen) atoms. The van der Waals surface area contributed by atoms with E-state index in [0.717, 1.165) is 29.4 Å². The highest BCUT2D eigenvalue weighted by molar-refractivity contribution is 6.33. The van der Waals surface area contributed by atoms with E-state index in [1.165, 1.54) is 0 Å². The first-order valence-electron chi connectivity index (χ1n) is 5.89. The quantitative estimate of drug-likeness (QED) is 0.851. The smallest absolute Gasteiger partial charge is 0.0642 e. The first kappa shape index (κ1) is 14.3. The van der Waals surface area contributed by atoms with Crippen LogP contribution in [0.25, 0.3) is 0 Å². The topological polar surface area (TPSA) is 38.5 Å². The summed E-state index contributed by atoms with van der Waals surface area (Å²) in [5.41, 5.74) is 7.92. The highest BCUT2D eigenvalue weighted by Gasteiger charge is 2.10. The average Bonchev–Trinajstić information content (AvgIpc) is 2.31. The third-order valence-electron chi connectivity index (χ3n) is 2.79. The van der Waals surface area contributed by atoms with E-state index in [1.54, 1.807) is 7.11 Å². The Kier molecular flexibility index (Phi) is 5.75. The molecule has 0 bridgehead atoms. The summed E-state index contributed by atoms with van der Waals surface area (Å²) in [6, 6.07) is 6.01. The van der Waals surface area contributed by atoms with Crippen molar-refractivity contribution in [1.29, 1.82) is 0 Å². The first-order chi connectivity index (χ1) is 8.10. The van der Waals surface area contributed by atoms with Crippen LogP contribution in [0.3, 0.4) is 0 Å². The predicted octanol–water partition coefficient (Wildman–Crippen LogP) is 2.83. The number of halogens is 1. The van der Waals surface area contributed by atoms with Crippen molar-refractivity contribution in [3.63, 3.8) is 0 Å². The van der Waals surface area contributed by atoms with Crippen molar-refractivity contribution >= 4 is 17.3 Å². The van der Waals surface area contributed by atoms with Gasteiger partial charge < -0.3 is 15.4 Å². The molecule has 1 rings (SSSR count). The maximum atomic E-state index is 6.29. The van der Waals surface area contributed by atoms with E-state index < -0.39 is 0 Å². The van der Waals surface area contributed by atoms with Crippen LogP contribution in [0.2, 0.25) is 5.02 Å². The van der Waals surface area contributed by atoms with Gasteiger partial charge in [-0.05, 0) is 31.5 Å². The van der Waals surface area contributed by atoms with Crippen molar-refractivity contribution in [3.05, 3.63) is 28.8 Å². The second-order valence-corrected chi connectivity index (χ2v) is 4.48. The molecule has 0 aliphatic heterocycles. The zero-order chi connectivity index (χ0) is 12.8. The van der Waals surface area contributed by atoms with Crippen molar-refractivity contribution in [2.45, 2.75) is 19.9 Å². The molecule has 0 radical (unpaired) electrons. The van der Waals surface area contributed by atoms with E-state index in [1.807, 2.05) is 25.1 Å². The maximum absolute atomic E-state index is 6.29. The molecule has 0 aliphatic carbocycles. The van der Waals surface area contributed by atoms with Crippen molar-refractivity contribution < 1.29 is 4.74 Å². The molecule has 0 unspecified atom stereocenters. The molecule has 0 fully saturated rings. The predicted molar refractivity (Wildman–Crippen MR) is 73.8 cm³/mol. The molecule has 4 heteroatoms. The van der Waals surface area contributed by atoms with Crippen LogP contribution in [-0.4, -0.2) is 26.8 Å². The van der Waals surface area contributed by atoms with Gasteiger partial charge in [0.2, 0.25) is 0 Å². The van der Waals surface area contributed by atoms with E-state index >= 15 is 0 Å². The fourth-order valence-electron chi connectivity index (χ4n) is 1.71. The lowest BCUT2D eigenvalue weighted by atomic mass is 10.1. The van der Waals surface area contributed by atoms with Crippen LogP contribution >= 0.6 is 11.6 Å². The largest absolute Gasteiger partial charge is 0.383 e. The maximum Gasteiger partial charge on any atom is 0.0642 e. The fraction of sp³-hybridized carbons (Fsp3) is 0.538. The summed E-state index contributed by atoms with van der Waals surface area (Å²) in [4.78, 5) is 2.19. The number of likely N-dealkylation sites (N-methyl/N-ethyl adjacent to an activating group) is 1. The Morgan fingerprint density at radius 2 is 2.18 bits per heavy atom. The van der Waals surface area contributed by atoms with Gasteiger partial charge in [-0.25, -0.2) is 0 Å². The zero-order valence-electron chi connectivity index (χ0n) is 10.7. The van der Waals surface area contributed by atoms with Gasteiger partial charge in [0, 0.05) is 26.2 Å². The summed E-state index contributed by atoms with van der Waals surface area (Å²) in [5, 5.41) is 0.748. The molecule has 96 valence electrons. The second-order valence-electron chi connectivity index (χ2n) is 4.07. The molecule has 1 atom stereocenters. The van der Waals surface area contributed by atoms with Gasteiger partial charge >= 0.3 is 0 Å². The highest BCUT2D eigenvalue weighted by atomic mass is 35.5. The molecule has 0 saturated heterocycles. The van der Waals surface area contributed by atoms with Gasteiger partial charge in [-0.3, -0.25) is 0 Å². The van der Waals surface area contributed by atoms with Gasteiger partial charge in [-0.2, -0.15) is 0 Å². The van der Waals surface area contributed by atoms with Crippen LogP contribution in [0, 0.1) is 0 Å². The minimum absolute atomic E-state index is 0.00982. The van der Waals surface area contributed by atoms with Crippen LogP contribution < -0.4 is 10.6 Å². The summed E-state index contributed by atoms with van der Waals surface area (Å²) >= 11 is 6.29. The number of methoxy groups -OCH3 is 1. The number of hydrogen-bond donors (Lipinski definition) is 1. The van der Waals surface area contributed by atoms with Gasteiger partial charge in [0.25, 0.3) is 0 Å². The summed E-state index contributed by atoms with van der Waals surface area (Å²) in [6.45, 7) is 6.49. The fourth-order valence-corrected chi connectivity index (χ4v) is 2.02. The Morgan fingerprint density at radius 3 is 2.65 bits per heavy atom. The van der Waals surface area contributed by atoms with E-state index in [0.29, 0.717) is 6.61 Å². The molecule has 0 amide bonds. The Morgan fingerprint density at radius 1 is 1.47 bits per heavy atom. The summed E-state index contributed by atoms with van der Waals surface area (Å²) in [5.74, 6) is 0. The van der Waals surface area contributed by atoms with Crippen molar-refractivity contribution in [2.24, 2.45) is 5.73 Å². The summed E-state index contributed by atoms with van der Waals surface area (Å²) < 4.78 is 5.09. The molecule has 1 aromatic carbocycles. The lowest BCUT2D eigenvalue weighted by Crippen LogP contribution is -2.27. The number of rotatable bonds is 6. The van der Waals surface area contributed by atoms with Crippen molar-refractivity contribution in [1.82, 2.24) is 0 Å². The Bertz CT molecular complexity index is 355. The van der Waals surface area contributed by atoms with Gasteiger partial charge in [0.15, 0.2) is 0 Å². The monoisotopic (exact) mass is 256 g/mol. The second kappa shape index (κ2) is 6.84. The van der Waals surface area contributed by atoms with E-state index in [9.17, 15) is 0 Å². The molecule has 3 nitrogen and oxygen atoms in total. The molecule has 0 aromatic heterocycles. The molecular formula is C13H21ClN2O.